The van der Waals surface area contributed by atoms with Crippen molar-refractivity contribution in [2.24, 2.45) is 5.92 Å². The van der Waals surface area contributed by atoms with E-state index in [0.29, 0.717) is 5.92 Å². The van der Waals surface area contributed by atoms with Gasteiger partial charge in [0.25, 0.3) is 0 Å². The fourth-order valence-corrected chi connectivity index (χ4v) is 1.96. The van der Waals surface area contributed by atoms with Crippen LogP contribution in [0.4, 0.5) is 0 Å². The Morgan fingerprint density at radius 1 is 1.50 bits per heavy atom. The molecule has 0 aromatic heterocycles. The molecule has 2 N–H and O–H groups in total. The van der Waals surface area contributed by atoms with Crippen LogP contribution >= 0.6 is 0 Å². The molecule has 1 unspecified atom stereocenters. The molecule has 0 radical (unpaired) electrons. The summed E-state index contributed by atoms with van der Waals surface area (Å²) in [7, 11) is 0. The topological polar surface area (TPSA) is 43.7 Å². The zero-order valence-electron chi connectivity index (χ0n) is 7.53. The summed E-state index contributed by atoms with van der Waals surface area (Å²) in [5, 5.41) is 18.8. The number of aliphatic hydroxyl groups is 2. The van der Waals surface area contributed by atoms with Gasteiger partial charge in [0.2, 0.25) is 0 Å². The van der Waals surface area contributed by atoms with Crippen molar-refractivity contribution in [3.63, 3.8) is 0 Å². The van der Waals surface area contributed by atoms with Crippen LogP contribution in [0.15, 0.2) is 0 Å². The highest BCUT2D eigenvalue weighted by atomic mass is 16.3. The fraction of sp³-hybridized carbons (Fsp3) is 1.00. The summed E-state index contributed by atoms with van der Waals surface area (Å²) in [6.07, 6.45) is 2.38. The van der Waals surface area contributed by atoms with Crippen LogP contribution < -0.4 is 0 Å². The molecule has 1 saturated heterocycles. The number of hydrogen-bond donors (Lipinski definition) is 2. The molecule has 2 aliphatic rings. The van der Waals surface area contributed by atoms with Crippen molar-refractivity contribution in [2.75, 3.05) is 19.7 Å². The van der Waals surface area contributed by atoms with Crippen molar-refractivity contribution in [1.29, 1.82) is 0 Å². The van der Waals surface area contributed by atoms with Crippen LogP contribution in [-0.2, 0) is 0 Å². The lowest BCUT2D eigenvalue weighted by atomic mass is 9.87. The van der Waals surface area contributed by atoms with Gasteiger partial charge in [-0.2, -0.15) is 0 Å². The number of aliphatic hydroxyl groups excluding tert-OH is 1. The van der Waals surface area contributed by atoms with Crippen LogP contribution in [-0.4, -0.2) is 46.5 Å². The van der Waals surface area contributed by atoms with Gasteiger partial charge in [-0.15, -0.1) is 0 Å². The SMILES string of the molecule is CC(CO)N1CC(O)(C2CC2)C1. The van der Waals surface area contributed by atoms with Gasteiger partial charge in [0.1, 0.15) is 0 Å². The second kappa shape index (κ2) is 2.69. The minimum absolute atomic E-state index is 0.195. The normalized spacial score (nSPS) is 31.2. The molecule has 12 heavy (non-hydrogen) atoms. The van der Waals surface area contributed by atoms with Crippen LogP contribution in [0.5, 0.6) is 0 Å². The van der Waals surface area contributed by atoms with Gasteiger partial charge in [-0.3, -0.25) is 4.90 Å². The molecule has 0 amide bonds. The van der Waals surface area contributed by atoms with Gasteiger partial charge in [-0.05, 0) is 25.7 Å². The van der Waals surface area contributed by atoms with E-state index in [1.54, 1.807) is 0 Å². The van der Waals surface area contributed by atoms with E-state index < -0.39 is 5.60 Å². The van der Waals surface area contributed by atoms with Crippen molar-refractivity contribution in [3.05, 3.63) is 0 Å². The van der Waals surface area contributed by atoms with E-state index in [0.717, 1.165) is 13.1 Å². The molecule has 3 heteroatoms. The van der Waals surface area contributed by atoms with E-state index in [-0.39, 0.29) is 12.6 Å². The standard InChI is InChI=1S/C9H17NO2/c1-7(4-11)10-5-9(12,6-10)8-2-3-8/h7-8,11-12H,2-6H2,1H3. The zero-order chi connectivity index (χ0) is 8.77. The van der Waals surface area contributed by atoms with Crippen molar-refractivity contribution < 1.29 is 10.2 Å². The minimum atomic E-state index is -0.399. The summed E-state index contributed by atoms with van der Waals surface area (Å²) in [6, 6.07) is 0.212. The van der Waals surface area contributed by atoms with Gasteiger partial charge in [0.05, 0.1) is 12.2 Å². The number of nitrogens with zero attached hydrogens (tertiary/aromatic N) is 1. The van der Waals surface area contributed by atoms with E-state index in [2.05, 4.69) is 4.90 Å². The smallest absolute Gasteiger partial charge is 0.0928 e. The Morgan fingerprint density at radius 3 is 2.50 bits per heavy atom. The molecule has 0 aromatic carbocycles. The monoisotopic (exact) mass is 171 g/mol. The van der Waals surface area contributed by atoms with E-state index in [1.807, 2.05) is 6.92 Å². The van der Waals surface area contributed by atoms with Gasteiger partial charge in [0, 0.05) is 19.1 Å². The molecular formula is C9H17NO2. The summed E-state index contributed by atoms with van der Waals surface area (Å²) in [5.74, 6) is 0.555. The van der Waals surface area contributed by atoms with E-state index >= 15 is 0 Å². The van der Waals surface area contributed by atoms with Crippen molar-refractivity contribution in [3.8, 4) is 0 Å². The van der Waals surface area contributed by atoms with Crippen LogP contribution in [0, 0.1) is 5.92 Å². The first kappa shape index (κ1) is 8.48. The summed E-state index contributed by atoms with van der Waals surface area (Å²) in [5.41, 5.74) is -0.399. The quantitative estimate of drug-likeness (QED) is 0.619. The minimum Gasteiger partial charge on any atom is -0.395 e. The maximum atomic E-state index is 9.94. The van der Waals surface area contributed by atoms with Gasteiger partial charge in [-0.1, -0.05) is 0 Å². The summed E-state index contributed by atoms with van der Waals surface area (Å²) in [6.45, 7) is 3.71. The molecule has 1 aliphatic heterocycles. The highest BCUT2D eigenvalue weighted by Crippen LogP contribution is 2.44. The van der Waals surface area contributed by atoms with Crippen LogP contribution in [0.25, 0.3) is 0 Å². The Labute approximate surface area is 73.0 Å². The second-order valence-corrected chi connectivity index (χ2v) is 4.31. The first-order valence-corrected chi connectivity index (χ1v) is 4.73. The lowest BCUT2D eigenvalue weighted by Crippen LogP contribution is -2.65. The van der Waals surface area contributed by atoms with Crippen LogP contribution in [0.3, 0.4) is 0 Å². The largest absolute Gasteiger partial charge is 0.395 e. The van der Waals surface area contributed by atoms with E-state index in [9.17, 15) is 5.11 Å². The lowest BCUT2D eigenvalue weighted by molar-refractivity contribution is -0.131. The summed E-state index contributed by atoms with van der Waals surface area (Å²) in [4.78, 5) is 2.14. The third-order valence-corrected chi connectivity index (χ3v) is 3.18. The molecule has 3 nitrogen and oxygen atoms in total. The highest BCUT2D eigenvalue weighted by Gasteiger charge is 2.52. The first-order chi connectivity index (χ1) is 5.65. The predicted molar refractivity (Wildman–Crippen MR) is 45.8 cm³/mol. The van der Waals surface area contributed by atoms with Crippen molar-refractivity contribution in [2.45, 2.75) is 31.4 Å². The molecule has 2 fully saturated rings. The Bertz CT molecular complexity index is 173. The average molecular weight is 171 g/mol. The third-order valence-electron chi connectivity index (χ3n) is 3.18. The highest BCUT2D eigenvalue weighted by molar-refractivity contribution is 5.06. The maximum Gasteiger partial charge on any atom is 0.0928 e. The number of likely N-dealkylation sites (tertiary alicyclic amines) is 1. The molecule has 2 rings (SSSR count). The molecule has 70 valence electrons. The molecule has 0 spiro atoms. The fourth-order valence-electron chi connectivity index (χ4n) is 1.96. The Morgan fingerprint density at radius 2 is 2.08 bits per heavy atom. The van der Waals surface area contributed by atoms with Crippen molar-refractivity contribution in [1.82, 2.24) is 4.90 Å². The Hall–Kier alpha value is -0.120. The van der Waals surface area contributed by atoms with Gasteiger partial charge in [-0.25, -0.2) is 0 Å². The molecular weight excluding hydrogens is 154 g/mol. The number of β-amino-alcohol motifs (C(OH)–C–C–N with tert-alkyl or cyclic N) is 1. The van der Waals surface area contributed by atoms with Gasteiger partial charge >= 0.3 is 0 Å². The average Bonchev–Trinajstić information content (AvgIpc) is 2.79. The zero-order valence-corrected chi connectivity index (χ0v) is 7.53. The molecule has 1 heterocycles. The predicted octanol–water partition coefficient (Wildman–Crippen LogP) is -0.176. The van der Waals surface area contributed by atoms with E-state index in [1.165, 1.54) is 12.8 Å². The van der Waals surface area contributed by atoms with Crippen molar-refractivity contribution >= 4 is 0 Å². The molecule has 0 bridgehead atoms. The Balaban J connectivity index is 1.81. The summed E-state index contributed by atoms with van der Waals surface area (Å²) >= 11 is 0. The molecule has 1 aliphatic carbocycles. The Kier molecular flexibility index (Phi) is 1.90. The van der Waals surface area contributed by atoms with Crippen LogP contribution in [0.2, 0.25) is 0 Å². The number of hydrogen-bond acceptors (Lipinski definition) is 3. The van der Waals surface area contributed by atoms with Gasteiger partial charge in [0.15, 0.2) is 0 Å². The van der Waals surface area contributed by atoms with E-state index in [4.69, 9.17) is 5.11 Å². The second-order valence-electron chi connectivity index (χ2n) is 4.31. The third kappa shape index (κ3) is 1.26. The van der Waals surface area contributed by atoms with Crippen LogP contribution in [0.1, 0.15) is 19.8 Å². The molecule has 1 atom stereocenters. The van der Waals surface area contributed by atoms with Gasteiger partial charge < -0.3 is 10.2 Å². The lowest BCUT2D eigenvalue weighted by Gasteiger charge is -2.49. The number of rotatable bonds is 3. The molecule has 1 saturated carbocycles. The maximum absolute atomic E-state index is 9.94. The summed E-state index contributed by atoms with van der Waals surface area (Å²) < 4.78 is 0. The first-order valence-electron chi connectivity index (χ1n) is 4.73. The molecule has 0 aromatic rings.